The van der Waals surface area contributed by atoms with E-state index in [4.69, 9.17) is 23.9 Å². The van der Waals surface area contributed by atoms with Gasteiger partial charge in [0.25, 0.3) is 0 Å². The van der Waals surface area contributed by atoms with Crippen LogP contribution in [-0.4, -0.2) is 96.9 Å². The molecular weight excluding hydrogens is 931 g/mol. The zero-order valence-corrected chi connectivity index (χ0v) is 40.4. The molecule has 10 rings (SSSR count). The third-order valence-corrected chi connectivity index (χ3v) is 14.4. The first-order valence-corrected chi connectivity index (χ1v) is 24.5. The number of amides is 3. The number of hydrogen-bond acceptors (Lipinski definition) is 13. The quantitative estimate of drug-likeness (QED) is 0.0612. The maximum absolute atomic E-state index is 16.6. The molecule has 364 valence electrons. The van der Waals surface area contributed by atoms with Crippen molar-refractivity contribution < 1.29 is 43.2 Å². The van der Waals surface area contributed by atoms with Gasteiger partial charge in [0.15, 0.2) is 5.13 Å². The lowest BCUT2D eigenvalue weighted by molar-refractivity contribution is -0.177. The summed E-state index contributed by atoms with van der Waals surface area (Å²) in [5, 5.41) is 13.4. The first-order valence-electron chi connectivity index (χ1n) is 23.7. The van der Waals surface area contributed by atoms with Crippen molar-refractivity contribution in [3.63, 3.8) is 0 Å². The number of ether oxygens (including phenoxy) is 4. The minimum atomic E-state index is -2.13. The average molecular weight is 982 g/mol. The molecule has 0 radical (unpaired) electrons. The number of fused-ring (bicyclic) bond motifs is 4. The fourth-order valence-electron chi connectivity index (χ4n) is 10.5. The monoisotopic (exact) mass is 981 g/mol. The molecule has 0 aliphatic carbocycles. The first-order chi connectivity index (χ1) is 35.2. The van der Waals surface area contributed by atoms with Gasteiger partial charge in [0, 0.05) is 24.8 Å². The van der Waals surface area contributed by atoms with E-state index >= 15 is 14.4 Å². The van der Waals surface area contributed by atoms with E-state index in [-0.39, 0.29) is 48.6 Å². The van der Waals surface area contributed by atoms with Crippen LogP contribution in [0.3, 0.4) is 0 Å². The lowest BCUT2D eigenvalue weighted by Crippen LogP contribution is -2.54. The van der Waals surface area contributed by atoms with Gasteiger partial charge in [0.05, 0.1) is 53.7 Å². The fourth-order valence-corrected chi connectivity index (χ4v) is 11.4. The molecule has 6 atom stereocenters. The van der Waals surface area contributed by atoms with Gasteiger partial charge in [-0.2, -0.15) is 0 Å². The molecule has 6 unspecified atom stereocenters. The van der Waals surface area contributed by atoms with Gasteiger partial charge in [-0.25, -0.2) is 14.7 Å². The number of aromatic nitrogens is 1. The van der Waals surface area contributed by atoms with Crippen LogP contribution < -0.4 is 15.0 Å². The number of morpholine rings is 1. The van der Waals surface area contributed by atoms with Crippen molar-refractivity contribution >= 4 is 56.2 Å². The molecule has 2 fully saturated rings. The minimum absolute atomic E-state index is 0.0474. The van der Waals surface area contributed by atoms with Crippen LogP contribution in [0.1, 0.15) is 51.6 Å². The van der Waals surface area contributed by atoms with Gasteiger partial charge in [-0.3, -0.25) is 24.2 Å². The van der Waals surface area contributed by atoms with Crippen LogP contribution in [-0.2, 0) is 40.6 Å². The summed E-state index contributed by atoms with van der Waals surface area (Å²) < 4.78 is 24.7. The summed E-state index contributed by atoms with van der Waals surface area (Å²) in [6.07, 6.45) is -1.95. The number of thiazole rings is 1. The van der Waals surface area contributed by atoms with E-state index < -0.39 is 59.4 Å². The highest BCUT2D eigenvalue weighted by molar-refractivity contribution is 7.22. The molecule has 72 heavy (non-hydrogen) atoms. The van der Waals surface area contributed by atoms with Crippen LogP contribution in [0.5, 0.6) is 5.75 Å². The zero-order valence-electron chi connectivity index (χ0n) is 39.6. The van der Waals surface area contributed by atoms with Crippen LogP contribution in [0.15, 0.2) is 158 Å². The number of carbonyl (C=O) groups excluding carboxylic acids is 4. The molecular formula is C57H51N5O9S. The number of carbonyl (C=O) groups is 4. The van der Waals surface area contributed by atoms with Crippen molar-refractivity contribution in [1.29, 1.82) is 0 Å². The number of rotatable bonds is 14. The molecule has 2 saturated heterocycles. The van der Waals surface area contributed by atoms with E-state index in [0.29, 0.717) is 35.3 Å². The number of cyclic esters (lactones) is 1. The summed E-state index contributed by atoms with van der Waals surface area (Å²) in [4.78, 5) is 72.6. The number of benzene rings is 6. The van der Waals surface area contributed by atoms with Crippen molar-refractivity contribution in [2.45, 2.75) is 36.2 Å². The zero-order chi connectivity index (χ0) is 49.8. The summed E-state index contributed by atoms with van der Waals surface area (Å²) in [5.74, 6) is 2.99. The molecule has 15 heteroatoms. The second-order valence-corrected chi connectivity index (χ2v) is 18.8. The minimum Gasteiger partial charge on any atom is -0.491 e. The van der Waals surface area contributed by atoms with E-state index in [0.717, 1.165) is 20.7 Å². The summed E-state index contributed by atoms with van der Waals surface area (Å²) >= 11 is 1.25. The molecule has 0 saturated carbocycles. The smallest absolute Gasteiger partial charge is 0.421 e. The van der Waals surface area contributed by atoms with Crippen molar-refractivity contribution in [2.75, 3.05) is 57.3 Å². The topological polar surface area (TPSA) is 160 Å². The highest BCUT2D eigenvalue weighted by Crippen LogP contribution is 2.67. The van der Waals surface area contributed by atoms with Crippen molar-refractivity contribution in [3.8, 4) is 17.6 Å². The number of methoxy groups -OCH3 is 1. The Morgan fingerprint density at radius 2 is 1.53 bits per heavy atom. The molecule has 6 aromatic carbocycles. The maximum Gasteiger partial charge on any atom is 0.421 e. The SMILES string of the molecule is COCCOC(=O)N1C(=O)C2(c3cc(C#CCN(C)Cc4ccccc4)ccc31)C(C(=O)Nc1nc3ccccc3s1)C1C(=O)OC(c3ccccc3)C(c3ccccc3)N1C2c1ccccc1OCCO. The Morgan fingerprint density at radius 3 is 2.26 bits per heavy atom. The lowest BCUT2D eigenvalue weighted by Gasteiger charge is -2.46. The van der Waals surface area contributed by atoms with Crippen molar-refractivity contribution in [2.24, 2.45) is 5.92 Å². The standard InChI is InChI=1S/C57H51N5O9S/c1-60(36-38-17-6-3-7-18-38)30-16-19-37-28-29-44-42(35-37)57(54(66)61(44)56(67)70-34-33-68-2)47(52(64)59-55-58-43-25-13-15-27-46(43)72-55)49-53(65)71-50(40-22-10-5-11-23-40)48(39-20-8-4-9-21-39)62(49)51(57)41-24-12-14-26-45(41)69-32-31-63/h3-15,17-18,20-29,35,47-51,63H,30-34,36H2,1-2H3,(H,58,59,64). The van der Waals surface area contributed by atoms with Crippen molar-refractivity contribution in [1.82, 2.24) is 14.8 Å². The molecule has 1 aromatic heterocycles. The number of aliphatic hydroxyl groups is 1. The van der Waals surface area contributed by atoms with E-state index in [1.807, 2.05) is 115 Å². The Morgan fingerprint density at radius 1 is 0.833 bits per heavy atom. The van der Waals surface area contributed by atoms with Gasteiger partial charge < -0.3 is 29.4 Å². The van der Waals surface area contributed by atoms with Crippen LogP contribution in [0.2, 0.25) is 0 Å². The van der Waals surface area contributed by atoms with E-state index in [1.54, 1.807) is 42.5 Å². The molecule has 3 aliphatic heterocycles. The predicted octanol–water partition coefficient (Wildman–Crippen LogP) is 8.24. The van der Waals surface area contributed by atoms with Gasteiger partial charge in [0.1, 0.15) is 36.5 Å². The van der Waals surface area contributed by atoms with Crippen LogP contribution in [0.25, 0.3) is 10.2 Å². The Balaban J connectivity index is 1.24. The molecule has 7 aromatic rings. The Labute approximate surface area is 420 Å². The van der Waals surface area contributed by atoms with Crippen LogP contribution in [0, 0.1) is 17.8 Å². The number of nitrogens with one attached hydrogen (secondary N) is 1. The number of hydrogen-bond donors (Lipinski definition) is 2. The second kappa shape index (κ2) is 20.9. The largest absolute Gasteiger partial charge is 0.491 e. The van der Waals surface area contributed by atoms with Gasteiger partial charge in [-0.05, 0) is 65.7 Å². The number of esters is 1. The number of aliphatic hydroxyl groups excluding tert-OH is 1. The normalized spacial score (nSPS) is 21.2. The van der Waals surface area contributed by atoms with Gasteiger partial charge in [0.2, 0.25) is 11.8 Å². The van der Waals surface area contributed by atoms with Gasteiger partial charge in [-0.15, -0.1) is 0 Å². The molecule has 3 aliphatic rings. The fraction of sp³-hybridized carbons (Fsp3) is 0.246. The first kappa shape index (κ1) is 47.9. The number of anilines is 2. The molecule has 3 amide bonds. The predicted molar refractivity (Wildman–Crippen MR) is 272 cm³/mol. The van der Waals surface area contributed by atoms with Crippen LogP contribution >= 0.6 is 11.3 Å². The number of imide groups is 1. The highest BCUT2D eigenvalue weighted by Gasteiger charge is 2.76. The molecule has 14 nitrogen and oxygen atoms in total. The van der Waals surface area contributed by atoms with E-state index in [1.165, 1.54) is 18.4 Å². The molecule has 0 bridgehead atoms. The maximum atomic E-state index is 16.6. The number of para-hydroxylation sites is 2. The summed E-state index contributed by atoms with van der Waals surface area (Å²) in [6, 6.07) is 45.0. The third-order valence-electron chi connectivity index (χ3n) is 13.4. The third kappa shape index (κ3) is 8.88. The summed E-state index contributed by atoms with van der Waals surface area (Å²) in [7, 11) is 3.44. The number of nitrogens with zero attached hydrogens (tertiary/aromatic N) is 4. The summed E-state index contributed by atoms with van der Waals surface area (Å²) in [6.45, 7) is 0.471. The highest BCUT2D eigenvalue weighted by atomic mass is 32.1. The Hall–Kier alpha value is -7.71. The van der Waals surface area contributed by atoms with Gasteiger partial charge in [-0.1, -0.05) is 145 Å². The Kier molecular flexibility index (Phi) is 13.9. The lowest BCUT2D eigenvalue weighted by atomic mass is 9.65. The molecule has 1 spiro atoms. The van der Waals surface area contributed by atoms with Crippen LogP contribution in [0.4, 0.5) is 15.6 Å². The van der Waals surface area contributed by atoms with Crippen molar-refractivity contribution in [3.05, 3.63) is 191 Å². The molecule has 4 heterocycles. The Bertz CT molecular complexity index is 3150. The summed E-state index contributed by atoms with van der Waals surface area (Å²) in [5.41, 5.74) is 2.37. The van der Waals surface area contributed by atoms with E-state index in [9.17, 15) is 9.90 Å². The molecule has 2 N–H and O–H groups in total. The van der Waals surface area contributed by atoms with E-state index in [2.05, 4.69) is 34.2 Å². The average Bonchev–Trinajstić information content (AvgIpc) is 4.04. The van der Waals surface area contributed by atoms with Gasteiger partial charge >= 0.3 is 12.1 Å². The second-order valence-electron chi connectivity index (χ2n) is 17.8.